The highest BCUT2D eigenvalue weighted by atomic mass is 16.7. The van der Waals surface area contributed by atoms with Crippen molar-refractivity contribution >= 4 is 11.8 Å². The van der Waals surface area contributed by atoms with Crippen molar-refractivity contribution in [2.24, 2.45) is 5.92 Å². The average Bonchev–Trinajstić information content (AvgIpc) is 3.33. The Bertz CT molecular complexity index is 860. The van der Waals surface area contributed by atoms with Crippen LogP contribution in [0.15, 0.2) is 34.9 Å². The van der Waals surface area contributed by atoms with Crippen molar-refractivity contribution in [3.63, 3.8) is 0 Å². The van der Waals surface area contributed by atoms with E-state index in [0.717, 1.165) is 24.2 Å². The number of hydrogen-bond acceptors (Lipinski definition) is 5. The van der Waals surface area contributed by atoms with Crippen LogP contribution in [-0.4, -0.2) is 36.6 Å². The predicted molar refractivity (Wildman–Crippen MR) is 96.5 cm³/mol. The molecular formula is C20H22N2O5. The molecule has 3 heterocycles. The molecule has 0 radical (unpaired) electrons. The SMILES string of the molecule is Cc1occc1C(=O)N1CCC[C@H](C(=O)NCc2ccc3c(c2)OCO3)C1. The molecule has 0 bridgehead atoms. The van der Waals surface area contributed by atoms with Crippen LogP contribution in [0.5, 0.6) is 11.5 Å². The van der Waals surface area contributed by atoms with Crippen molar-refractivity contribution in [2.45, 2.75) is 26.3 Å². The third kappa shape index (κ3) is 3.63. The van der Waals surface area contributed by atoms with Gasteiger partial charge in [0, 0.05) is 19.6 Å². The molecule has 2 aromatic rings. The van der Waals surface area contributed by atoms with E-state index in [0.29, 0.717) is 36.7 Å². The van der Waals surface area contributed by atoms with Crippen LogP contribution in [0, 0.1) is 12.8 Å². The van der Waals surface area contributed by atoms with Gasteiger partial charge in [-0.2, -0.15) is 0 Å². The number of piperidine rings is 1. The van der Waals surface area contributed by atoms with Crippen LogP contribution in [0.1, 0.15) is 34.5 Å². The Morgan fingerprint density at radius 3 is 2.89 bits per heavy atom. The lowest BCUT2D eigenvalue weighted by Gasteiger charge is -2.32. The largest absolute Gasteiger partial charge is 0.469 e. The molecule has 2 aliphatic rings. The number of rotatable bonds is 4. The van der Waals surface area contributed by atoms with Gasteiger partial charge in [-0.25, -0.2) is 0 Å². The monoisotopic (exact) mass is 370 g/mol. The van der Waals surface area contributed by atoms with Gasteiger partial charge >= 0.3 is 0 Å². The van der Waals surface area contributed by atoms with E-state index in [-0.39, 0.29) is 24.5 Å². The fraction of sp³-hybridized carbons (Fsp3) is 0.400. The Hall–Kier alpha value is -2.96. The Balaban J connectivity index is 1.34. The molecule has 7 heteroatoms. The highest BCUT2D eigenvalue weighted by molar-refractivity contribution is 5.95. The predicted octanol–water partition coefficient (Wildman–Crippen LogP) is 2.49. The van der Waals surface area contributed by atoms with E-state index in [1.807, 2.05) is 18.2 Å². The van der Waals surface area contributed by atoms with Crippen molar-refractivity contribution in [1.29, 1.82) is 0 Å². The molecule has 0 unspecified atom stereocenters. The van der Waals surface area contributed by atoms with Gasteiger partial charge in [0.15, 0.2) is 11.5 Å². The molecule has 1 saturated heterocycles. The van der Waals surface area contributed by atoms with E-state index >= 15 is 0 Å². The van der Waals surface area contributed by atoms with Crippen molar-refractivity contribution in [2.75, 3.05) is 19.9 Å². The number of nitrogens with zero attached hydrogens (tertiary/aromatic N) is 1. The first-order chi connectivity index (χ1) is 13.1. The van der Waals surface area contributed by atoms with E-state index in [9.17, 15) is 9.59 Å². The fourth-order valence-corrected chi connectivity index (χ4v) is 3.54. The summed E-state index contributed by atoms with van der Waals surface area (Å²) in [4.78, 5) is 27.0. The van der Waals surface area contributed by atoms with E-state index in [4.69, 9.17) is 13.9 Å². The zero-order valence-electron chi connectivity index (χ0n) is 15.2. The van der Waals surface area contributed by atoms with Crippen molar-refractivity contribution < 1.29 is 23.5 Å². The van der Waals surface area contributed by atoms with Crippen LogP contribution in [0.3, 0.4) is 0 Å². The Labute approximate surface area is 157 Å². The van der Waals surface area contributed by atoms with Gasteiger partial charge in [0.2, 0.25) is 12.7 Å². The van der Waals surface area contributed by atoms with E-state index in [2.05, 4.69) is 5.32 Å². The van der Waals surface area contributed by atoms with Gasteiger partial charge in [-0.15, -0.1) is 0 Å². The zero-order valence-corrected chi connectivity index (χ0v) is 15.2. The topological polar surface area (TPSA) is 81.0 Å². The van der Waals surface area contributed by atoms with Crippen LogP contribution >= 0.6 is 0 Å². The number of ether oxygens (including phenoxy) is 2. The summed E-state index contributed by atoms with van der Waals surface area (Å²) in [5.41, 5.74) is 1.52. The van der Waals surface area contributed by atoms with Crippen LogP contribution in [0.25, 0.3) is 0 Å². The van der Waals surface area contributed by atoms with Crippen LogP contribution < -0.4 is 14.8 Å². The number of nitrogens with one attached hydrogen (secondary N) is 1. The standard InChI is InChI=1S/C20H22N2O5/c1-13-16(6-8-25-13)20(24)22-7-2-3-15(11-22)19(23)21-10-14-4-5-17-18(9-14)27-12-26-17/h4-6,8-9,15H,2-3,7,10-12H2,1H3,(H,21,23)/t15-/m0/s1. The van der Waals surface area contributed by atoms with Crippen LogP contribution in [0.4, 0.5) is 0 Å². The molecule has 1 fully saturated rings. The third-order valence-corrected chi connectivity index (χ3v) is 5.07. The first kappa shape index (κ1) is 17.5. The van der Waals surface area contributed by atoms with Gasteiger partial charge in [0.1, 0.15) is 5.76 Å². The number of hydrogen-bond donors (Lipinski definition) is 1. The second kappa shape index (κ2) is 7.34. The molecule has 1 aromatic heterocycles. The maximum absolute atomic E-state index is 12.6. The molecule has 0 saturated carbocycles. The lowest BCUT2D eigenvalue weighted by atomic mass is 9.96. The number of furan rings is 1. The van der Waals surface area contributed by atoms with Crippen LogP contribution in [0.2, 0.25) is 0 Å². The second-order valence-electron chi connectivity index (χ2n) is 6.89. The summed E-state index contributed by atoms with van der Waals surface area (Å²) in [6.07, 6.45) is 3.11. The molecule has 27 heavy (non-hydrogen) atoms. The first-order valence-electron chi connectivity index (χ1n) is 9.11. The zero-order chi connectivity index (χ0) is 18.8. The van der Waals surface area contributed by atoms with Crippen molar-refractivity contribution in [3.8, 4) is 11.5 Å². The Kier molecular flexibility index (Phi) is 4.75. The minimum atomic E-state index is -0.205. The smallest absolute Gasteiger partial charge is 0.257 e. The number of fused-ring (bicyclic) bond motifs is 1. The van der Waals surface area contributed by atoms with Gasteiger partial charge in [0.25, 0.3) is 5.91 Å². The maximum Gasteiger partial charge on any atom is 0.257 e. The number of carbonyl (C=O) groups is 2. The molecule has 0 spiro atoms. The summed E-state index contributed by atoms with van der Waals surface area (Å²) in [6, 6.07) is 7.31. The summed E-state index contributed by atoms with van der Waals surface area (Å²) in [7, 11) is 0. The molecule has 0 aliphatic carbocycles. The molecule has 1 aromatic carbocycles. The Morgan fingerprint density at radius 2 is 2.07 bits per heavy atom. The highest BCUT2D eigenvalue weighted by Gasteiger charge is 2.30. The molecule has 4 rings (SSSR count). The normalized spacial score (nSPS) is 18.4. The summed E-state index contributed by atoms with van der Waals surface area (Å²) in [6.45, 7) is 3.51. The second-order valence-corrected chi connectivity index (χ2v) is 6.89. The third-order valence-electron chi connectivity index (χ3n) is 5.07. The van der Waals surface area contributed by atoms with Crippen molar-refractivity contribution in [3.05, 3.63) is 47.4 Å². The Morgan fingerprint density at radius 1 is 1.22 bits per heavy atom. The van der Waals surface area contributed by atoms with E-state index < -0.39 is 0 Å². The molecule has 1 atom stereocenters. The molecule has 7 nitrogen and oxygen atoms in total. The van der Waals surface area contributed by atoms with Gasteiger partial charge < -0.3 is 24.1 Å². The molecule has 142 valence electrons. The van der Waals surface area contributed by atoms with E-state index in [1.165, 1.54) is 6.26 Å². The minimum absolute atomic E-state index is 0.0333. The number of carbonyl (C=O) groups excluding carboxylic acids is 2. The van der Waals surface area contributed by atoms with Gasteiger partial charge in [-0.3, -0.25) is 9.59 Å². The molecule has 2 amide bonds. The lowest BCUT2D eigenvalue weighted by molar-refractivity contribution is -0.126. The minimum Gasteiger partial charge on any atom is -0.469 e. The number of aryl methyl sites for hydroxylation is 1. The summed E-state index contributed by atoms with van der Waals surface area (Å²) in [5.74, 6) is 1.72. The number of likely N-dealkylation sites (tertiary alicyclic amines) is 1. The summed E-state index contributed by atoms with van der Waals surface area (Å²) in [5, 5.41) is 2.97. The summed E-state index contributed by atoms with van der Waals surface area (Å²) >= 11 is 0. The fourth-order valence-electron chi connectivity index (χ4n) is 3.54. The molecule has 2 aliphatic heterocycles. The molecule has 1 N–H and O–H groups in total. The highest BCUT2D eigenvalue weighted by Crippen LogP contribution is 2.32. The lowest BCUT2D eigenvalue weighted by Crippen LogP contribution is -2.45. The van der Waals surface area contributed by atoms with Gasteiger partial charge in [0.05, 0.1) is 17.7 Å². The van der Waals surface area contributed by atoms with Gasteiger partial charge in [-0.1, -0.05) is 6.07 Å². The van der Waals surface area contributed by atoms with Crippen molar-refractivity contribution in [1.82, 2.24) is 10.2 Å². The van der Waals surface area contributed by atoms with Crippen LogP contribution in [-0.2, 0) is 11.3 Å². The van der Waals surface area contributed by atoms with E-state index in [1.54, 1.807) is 17.9 Å². The number of benzene rings is 1. The average molecular weight is 370 g/mol. The van der Waals surface area contributed by atoms with Gasteiger partial charge in [-0.05, 0) is 43.5 Å². The first-order valence-corrected chi connectivity index (χ1v) is 9.11. The number of amides is 2. The molecular weight excluding hydrogens is 348 g/mol. The summed E-state index contributed by atoms with van der Waals surface area (Å²) < 4.78 is 15.9. The quantitative estimate of drug-likeness (QED) is 0.894. The maximum atomic E-state index is 12.6.